The molecule has 17 heavy (non-hydrogen) atoms. The smallest absolute Gasteiger partial charge is 0.231 e. The van der Waals surface area contributed by atoms with Crippen LogP contribution >= 0.6 is 23.4 Å². The molecule has 0 aliphatic carbocycles. The lowest BCUT2D eigenvalue weighted by Crippen LogP contribution is -2.21. The van der Waals surface area contributed by atoms with Gasteiger partial charge in [0.25, 0.3) is 0 Å². The summed E-state index contributed by atoms with van der Waals surface area (Å²) in [4.78, 5) is -0.333. The summed E-state index contributed by atoms with van der Waals surface area (Å²) in [6.07, 6.45) is 0.122. The molecule has 1 aromatic carbocycles. The number of ether oxygens (including phenoxy) is 3. The molecule has 0 N–H and O–H groups in total. The summed E-state index contributed by atoms with van der Waals surface area (Å²) >= 11 is 7.61. The zero-order chi connectivity index (χ0) is 11.9. The fraction of sp³-hybridized carbons (Fsp3) is 0.500. The third kappa shape index (κ3) is 1.98. The number of rotatable bonds is 2. The minimum atomic E-state index is -0.333. The molecular formula is C12H13ClO3S. The van der Waals surface area contributed by atoms with Gasteiger partial charge in [0.2, 0.25) is 6.79 Å². The summed E-state index contributed by atoms with van der Waals surface area (Å²) in [5, 5.41) is 0. The molecular weight excluding hydrogens is 260 g/mol. The molecule has 1 aromatic rings. The molecule has 1 saturated heterocycles. The first-order chi connectivity index (χ1) is 8.21. The highest BCUT2D eigenvalue weighted by Gasteiger charge is 2.38. The second kappa shape index (κ2) is 4.26. The van der Waals surface area contributed by atoms with E-state index in [4.69, 9.17) is 25.8 Å². The zero-order valence-electron chi connectivity index (χ0n) is 9.44. The second-order valence-corrected chi connectivity index (χ2v) is 5.93. The highest BCUT2D eigenvalue weighted by Crippen LogP contribution is 2.47. The summed E-state index contributed by atoms with van der Waals surface area (Å²) in [5.74, 6) is 3.05. The van der Waals surface area contributed by atoms with Gasteiger partial charge in [-0.1, -0.05) is 6.07 Å². The Morgan fingerprint density at radius 1 is 1.41 bits per heavy atom. The Bertz CT molecular complexity index is 440. The number of thioether (sulfide) groups is 1. The van der Waals surface area contributed by atoms with Gasteiger partial charge < -0.3 is 14.2 Å². The molecule has 2 aliphatic heterocycles. The van der Waals surface area contributed by atoms with E-state index in [1.54, 1.807) is 11.8 Å². The van der Waals surface area contributed by atoms with Crippen LogP contribution in [0.4, 0.5) is 0 Å². The van der Waals surface area contributed by atoms with E-state index in [2.05, 4.69) is 6.92 Å². The largest absolute Gasteiger partial charge is 0.454 e. The first kappa shape index (κ1) is 11.5. The Hall–Kier alpha value is -0.580. The Balaban J connectivity index is 1.89. The van der Waals surface area contributed by atoms with Gasteiger partial charge in [-0.2, -0.15) is 0 Å². The lowest BCUT2D eigenvalue weighted by Gasteiger charge is -2.24. The fourth-order valence-corrected chi connectivity index (χ4v) is 3.53. The normalized spacial score (nSPS) is 30.8. The standard InChI is InChI=1S/C12H13ClO3S/c1-12(16-9(5-13)6-17-12)8-2-3-10-11(4-8)15-7-14-10/h2-4,9H,5-7H2,1H3/t9-,12-/m0/s1. The molecule has 2 heterocycles. The zero-order valence-corrected chi connectivity index (χ0v) is 11.0. The highest BCUT2D eigenvalue weighted by atomic mass is 35.5. The molecule has 0 unspecified atom stereocenters. The Morgan fingerprint density at radius 3 is 3.00 bits per heavy atom. The third-order valence-electron chi connectivity index (χ3n) is 3.01. The summed E-state index contributed by atoms with van der Waals surface area (Å²) in [7, 11) is 0. The van der Waals surface area contributed by atoms with Crippen LogP contribution in [0.15, 0.2) is 18.2 Å². The van der Waals surface area contributed by atoms with Crippen LogP contribution < -0.4 is 9.47 Å². The highest BCUT2D eigenvalue weighted by molar-refractivity contribution is 8.00. The molecule has 5 heteroatoms. The van der Waals surface area contributed by atoms with Gasteiger partial charge in [0.15, 0.2) is 11.5 Å². The van der Waals surface area contributed by atoms with E-state index >= 15 is 0 Å². The predicted molar refractivity (Wildman–Crippen MR) is 68.0 cm³/mol. The fourth-order valence-electron chi connectivity index (χ4n) is 2.04. The van der Waals surface area contributed by atoms with E-state index < -0.39 is 0 Å². The van der Waals surface area contributed by atoms with Crippen molar-refractivity contribution < 1.29 is 14.2 Å². The lowest BCUT2D eigenvalue weighted by atomic mass is 10.1. The molecule has 1 fully saturated rings. The van der Waals surface area contributed by atoms with E-state index in [0.717, 1.165) is 22.8 Å². The van der Waals surface area contributed by atoms with E-state index in [9.17, 15) is 0 Å². The molecule has 92 valence electrons. The monoisotopic (exact) mass is 272 g/mol. The summed E-state index contributed by atoms with van der Waals surface area (Å²) in [5.41, 5.74) is 1.10. The van der Waals surface area contributed by atoms with E-state index in [0.29, 0.717) is 12.7 Å². The quantitative estimate of drug-likeness (QED) is 0.774. The number of hydrogen-bond acceptors (Lipinski definition) is 4. The molecule has 3 nitrogen and oxygen atoms in total. The number of alkyl halides is 1. The van der Waals surface area contributed by atoms with Gasteiger partial charge in [-0.3, -0.25) is 0 Å². The van der Waals surface area contributed by atoms with Gasteiger partial charge in [0, 0.05) is 11.6 Å². The van der Waals surface area contributed by atoms with E-state index in [1.165, 1.54) is 0 Å². The summed E-state index contributed by atoms with van der Waals surface area (Å²) in [6, 6.07) is 5.95. The number of hydrogen-bond donors (Lipinski definition) is 0. The molecule has 3 rings (SSSR count). The van der Waals surface area contributed by atoms with Crippen LogP contribution in [0, 0.1) is 0 Å². The van der Waals surface area contributed by atoms with Gasteiger partial charge in [0.1, 0.15) is 4.93 Å². The molecule has 0 amide bonds. The van der Waals surface area contributed by atoms with Gasteiger partial charge >= 0.3 is 0 Å². The van der Waals surface area contributed by atoms with Crippen LogP contribution in [0.3, 0.4) is 0 Å². The first-order valence-electron chi connectivity index (χ1n) is 5.49. The van der Waals surface area contributed by atoms with Crippen LogP contribution in [0.25, 0.3) is 0 Å². The minimum Gasteiger partial charge on any atom is -0.454 e. The van der Waals surface area contributed by atoms with Crippen LogP contribution in [0.1, 0.15) is 12.5 Å². The van der Waals surface area contributed by atoms with Crippen molar-refractivity contribution in [3.8, 4) is 11.5 Å². The van der Waals surface area contributed by atoms with Gasteiger partial charge in [-0.15, -0.1) is 23.4 Å². The van der Waals surface area contributed by atoms with Crippen molar-refractivity contribution in [1.29, 1.82) is 0 Å². The van der Waals surface area contributed by atoms with Crippen molar-refractivity contribution in [2.75, 3.05) is 18.4 Å². The van der Waals surface area contributed by atoms with Crippen LogP contribution in [0.5, 0.6) is 11.5 Å². The van der Waals surface area contributed by atoms with E-state index in [-0.39, 0.29) is 11.0 Å². The molecule has 0 aromatic heterocycles. The van der Waals surface area contributed by atoms with Gasteiger partial charge in [-0.05, 0) is 24.6 Å². The lowest BCUT2D eigenvalue weighted by molar-refractivity contribution is 0.0130. The maximum atomic E-state index is 5.98. The number of benzene rings is 1. The predicted octanol–water partition coefficient (Wildman–Crippen LogP) is 2.96. The number of halogens is 1. The average Bonchev–Trinajstić information content (AvgIpc) is 2.94. The topological polar surface area (TPSA) is 27.7 Å². The Kier molecular flexibility index (Phi) is 2.89. The molecule has 2 aliphatic rings. The van der Waals surface area contributed by atoms with Crippen molar-refractivity contribution in [2.24, 2.45) is 0 Å². The minimum absolute atomic E-state index is 0.122. The first-order valence-corrected chi connectivity index (χ1v) is 7.01. The summed E-state index contributed by atoms with van der Waals surface area (Å²) in [6.45, 7) is 2.37. The van der Waals surface area contributed by atoms with Crippen LogP contribution in [-0.2, 0) is 9.67 Å². The maximum Gasteiger partial charge on any atom is 0.231 e. The number of fused-ring (bicyclic) bond motifs is 1. The molecule has 2 atom stereocenters. The van der Waals surface area contributed by atoms with Crippen LogP contribution in [-0.4, -0.2) is 24.5 Å². The summed E-state index contributed by atoms with van der Waals surface area (Å²) < 4.78 is 16.7. The molecule has 0 bridgehead atoms. The second-order valence-electron chi connectivity index (χ2n) is 4.22. The van der Waals surface area contributed by atoms with E-state index in [1.807, 2.05) is 18.2 Å². The molecule has 0 saturated carbocycles. The SMILES string of the molecule is C[C@]1(c2ccc3c(c2)OCO3)O[C@@H](CCl)CS1. The van der Waals surface area contributed by atoms with Gasteiger partial charge in [-0.25, -0.2) is 0 Å². The van der Waals surface area contributed by atoms with Crippen molar-refractivity contribution in [2.45, 2.75) is 18.0 Å². The van der Waals surface area contributed by atoms with Crippen molar-refractivity contribution >= 4 is 23.4 Å². The third-order valence-corrected chi connectivity index (χ3v) is 4.77. The Morgan fingerprint density at radius 2 is 2.24 bits per heavy atom. The Labute approximate surface area is 109 Å². The van der Waals surface area contributed by atoms with Gasteiger partial charge in [0.05, 0.1) is 6.10 Å². The maximum absolute atomic E-state index is 5.98. The van der Waals surface area contributed by atoms with Crippen LogP contribution in [0.2, 0.25) is 0 Å². The van der Waals surface area contributed by atoms with Crippen molar-refractivity contribution in [3.05, 3.63) is 23.8 Å². The molecule has 0 spiro atoms. The average molecular weight is 273 g/mol. The van der Waals surface area contributed by atoms with Crippen molar-refractivity contribution in [3.63, 3.8) is 0 Å². The molecule has 0 radical (unpaired) electrons. The van der Waals surface area contributed by atoms with Crippen molar-refractivity contribution in [1.82, 2.24) is 0 Å².